The van der Waals surface area contributed by atoms with E-state index >= 15 is 0 Å². The van der Waals surface area contributed by atoms with E-state index in [1.54, 1.807) is 0 Å². The Bertz CT molecular complexity index is 357. The standard InChI is InChI=1S/C18H29NO/c1-15(14-20)6-5-13-19-18-11-9-17(10-12-18)16-7-3-2-4-8-16/h2-4,7-8,15,17-20H,5-6,9-14H2,1H3. The molecule has 0 heterocycles. The van der Waals surface area contributed by atoms with Crippen LogP contribution in [0.3, 0.4) is 0 Å². The van der Waals surface area contributed by atoms with Gasteiger partial charge in [0.1, 0.15) is 0 Å². The maximum absolute atomic E-state index is 9.00. The van der Waals surface area contributed by atoms with Crippen molar-refractivity contribution in [1.29, 1.82) is 0 Å². The summed E-state index contributed by atoms with van der Waals surface area (Å²) < 4.78 is 0. The first-order chi connectivity index (χ1) is 9.79. The molecule has 2 rings (SSSR count). The van der Waals surface area contributed by atoms with Gasteiger partial charge in [-0.3, -0.25) is 0 Å². The maximum Gasteiger partial charge on any atom is 0.0456 e. The van der Waals surface area contributed by atoms with Crippen molar-refractivity contribution in [3.8, 4) is 0 Å². The molecule has 1 aromatic rings. The Balaban J connectivity index is 1.62. The normalized spacial score (nSPS) is 24.5. The van der Waals surface area contributed by atoms with Crippen LogP contribution in [0.25, 0.3) is 0 Å². The maximum atomic E-state index is 9.00. The van der Waals surface area contributed by atoms with Crippen molar-refractivity contribution >= 4 is 0 Å². The van der Waals surface area contributed by atoms with E-state index in [0.717, 1.165) is 18.9 Å². The van der Waals surface area contributed by atoms with E-state index in [4.69, 9.17) is 5.11 Å². The van der Waals surface area contributed by atoms with Gasteiger partial charge in [-0.05, 0) is 62.5 Å². The number of rotatable bonds is 7. The van der Waals surface area contributed by atoms with Crippen LogP contribution < -0.4 is 5.32 Å². The fourth-order valence-electron chi connectivity index (χ4n) is 3.20. The number of aliphatic hydroxyl groups excluding tert-OH is 1. The summed E-state index contributed by atoms with van der Waals surface area (Å²) in [6.45, 7) is 3.54. The second kappa shape index (κ2) is 8.43. The number of nitrogens with one attached hydrogen (secondary N) is 1. The first-order valence-electron chi connectivity index (χ1n) is 8.18. The molecule has 2 N–H and O–H groups in total. The van der Waals surface area contributed by atoms with Crippen LogP contribution in [-0.4, -0.2) is 24.3 Å². The lowest BCUT2D eigenvalue weighted by Gasteiger charge is -2.29. The predicted molar refractivity (Wildman–Crippen MR) is 84.9 cm³/mol. The van der Waals surface area contributed by atoms with Gasteiger partial charge in [0.2, 0.25) is 0 Å². The molecular formula is C18H29NO. The minimum atomic E-state index is 0.322. The van der Waals surface area contributed by atoms with E-state index in [1.165, 1.54) is 37.7 Å². The Hall–Kier alpha value is -0.860. The molecule has 2 nitrogen and oxygen atoms in total. The fraction of sp³-hybridized carbons (Fsp3) is 0.667. The van der Waals surface area contributed by atoms with Gasteiger partial charge in [-0.25, -0.2) is 0 Å². The van der Waals surface area contributed by atoms with E-state index in [2.05, 4.69) is 42.6 Å². The topological polar surface area (TPSA) is 32.3 Å². The molecule has 1 aliphatic rings. The van der Waals surface area contributed by atoms with E-state index in [9.17, 15) is 0 Å². The van der Waals surface area contributed by atoms with Gasteiger partial charge in [0, 0.05) is 12.6 Å². The third-order valence-corrected chi connectivity index (χ3v) is 4.62. The Morgan fingerprint density at radius 3 is 2.50 bits per heavy atom. The lowest BCUT2D eigenvalue weighted by atomic mass is 9.82. The van der Waals surface area contributed by atoms with Gasteiger partial charge in [0.05, 0.1) is 0 Å². The minimum absolute atomic E-state index is 0.322. The second-order valence-corrected chi connectivity index (χ2v) is 6.34. The molecule has 0 aromatic heterocycles. The van der Waals surface area contributed by atoms with Crippen LogP contribution in [0.15, 0.2) is 30.3 Å². The van der Waals surface area contributed by atoms with Crippen LogP contribution in [0.5, 0.6) is 0 Å². The molecule has 0 saturated heterocycles. The number of hydrogen-bond donors (Lipinski definition) is 2. The molecule has 20 heavy (non-hydrogen) atoms. The van der Waals surface area contributed by atoms with Gasteiger partial charge in [0.15, 0.2) is 0 Å². The fourth-order valence-corrected chi connectivity index (χ4v) is 3.20. The summed E-state index contributed by atoms with van der Waals surface area (Å²) in [6.07, 6.45) is 7.54. The molecule has 0 spiro atoms. The van der Waals surface area contributed by atoms with Crippen molar-refractivity contribution in [2.45, 2.75) is 57.4 Å². The van der Waals surface area contributed by atoms with E-state index < -0.39 is 0 Å². The number of benzene rings is 1. The summed E-state index contributed by atoms with van der Waals surface area (Å²) in [7, 11) is 0. The summed E-state index contributed by atoms with van der Waals surface area (Å²) in [5.41, 5.74) is 1.52. The smallest absolute Gasteiger partial charge is 0.0456 e. The number of hydrogen-bond acceptors (Lipinski definition) is 2. The quantitative estimate of drug-likeness (QED) is 0.744. The van der Waals surface area contributed by atoms with Gasteiger partial charge in [-0.2, -0.15) is 0 Å². The molecule has 1 saturated carbocycles. The van der Waals surface area contributed by atoms with Crippen LogP contribution in [-0.2, 0) is 0 Å². The second-order valence-electron chi connectivity index (χ2n) is 6.34. The average Bonchev–Trinajstić information content (AvgIpc) is 2.52. The summed E-state index contributed by atoms with van der Waals surface area (Å²) in [5, 5.41) is 12.7. The molecule has 1 fully saturated rings. The SMILES string of the molecule is CC(CO)CCCNC1CCC(c2ccccc2)CC1. The first kappa shape index (κ1) is 15.5. The van der Waals surface area contributed by atoms with Crippen molar-refractivity contribution in [1.82, 2.24) is 5.32 Å². The first-order valence-corrected chi connectivity index (χ1v) is 8.18. The molecule has 2 heteroatoms. The highest BCUT2D eigenvalue weighted by Gasteiger charge is 2.21. The Labute approximate surface area is 123 Å². The zero-order valence-corrected chi connectivity index (χ0v) is 12.7. The van der Waals surface area contributed by atoms with Crippen LogP contribution in [0.1, 0.15) is 56.9 Å². The average molecular weight is 275 g/mol. The minimum Gasteiger partial charge on any atom is -0.396 e. The molecule has 0 amide bonds. The van der Waals surface area contributed by atoms with E-state index in [0.29, 0.717) is 18.6 Å². The van der Waals surface area contributed by atoms with Crippen LogP contribution in [0.4, 0.5) is 0 Å². The zero-order chi connectivity index (χ0) is 14.2. The zero-order valence-electron chi connectivity index (χ0n) is 12.7. The van der Waals surface area contributed by atoms with E-state index in [-0.39, 0.29) is 0 Å². The summed E-state index contributed by atoms with van der Waals surface area (Å²) >= 11 is 0. The molecule has 0 radical (unpaired) electrons. The van der Waals surface area contributed by atoms with Gasteiger partial charge in [-0.1, -0.05) is 37.3 Å². The molecule has 1 aliphatic carbocycles. The lowest BCUT2D eigenvalue weighted by Crippen LogP contribution is -2.33. The Morgan fingerprint density at radius 1 is 1.15 bits per heavy atom. The molecule has 112 valence electrons. The van der Waals surface area contributed by atoms with E-state index in [1.807, 2.05) is 0 Å². The van der Waals surface area contributed by atoms with Gasteiger partial charge in [-0.15, -0.1) is 0 Å². The Kier molecular flexibility index (Phi) is 6.55. The molecule has 0 aliphatic heterocycles. The molecule has 0 bridgehead atoms. The molecule has 1 aromatic carbocycles. The largest absolute Gasteiger partial charge is 0.396 e. The molecular weight excluding hydrogens is 246 g/mol. The van der Waals surface area contributed by atoms with Gasteiger partial charge >= 0.3 is 0 Å². The number of aliphatic hydroxyl groups is 1. The highest BCUT2D eigenvalue weighted by atomic mass is 16.3. The van der Waals surface area contributed by atoms with Crippen molar-refractivity contribution in [2.75, 3.05) is 13.2 Å². The van der Waals surface area contributed by atoms with Gasteiger partial charge in [0.25, 0.3) is 0 Å². The highest BCUT2D eigenvalue weighted by molar-refractivity contribution is 5.20. The third-order valence-electron chi connectivity index (χ3n) is 4.62. The third kappa shape index (κ3) is 4.92. The highest BCUT2D eigenvalue weighted by Crippen LogP contribution is 2.32. The van der Waals surface area contributed by atoms with Gasteiger partial charge < -0.3 is 10.4 Å². The van der Waals surface area contributed by atoms with Crippen molar-refractivity contribution < 1.29 is 5.11 Å². The summed E-state index contributed by atoms with van der Waals surface area (Å²) in [5.74, 6) is 1.22. The lowest BCUT2D eigenvalue weighted by molar-refractivity contribution is 0.226. The molecule has 1 atom stereocenters. The van der Waals surface area contributed by atoms with Crippen LogP contribution in [0, 0.1) is 5.92 Å². The monoisotopic (exact) mass is 275 g/mol. The van der Waals surface area contributed by atoms with Crippen molar-refractivity contribution in [3.63, 3.8) is 0 Å². The summed E-state index contributed by atoms with van der Waals surface area (Å²) in [6, 6.07) is 11.7. The van der Waals surface area contributed by atoms with Crippen molar-refractivity contribution in [2.24, 2.45) is 5.92 Å². The van der Waals surface area contributed by atoms with Crippen molar-refractivity contribution in [3.05, 3.63) is 35.9 Å². The summed E-state index contributed by atoms with van der Waals surface area (Å²) in [4.78, 5) is 0. The Morgan fingerprint density at radius 2 is 1.85 bits per heavy atom. The molecule has 1 unspecified atom stereocenters. The van der Waals surface area contributed by atoms with Crippen LogP contribution >= 0.6 is 0 Å². The predicted octanol–water partition coefficient (Wildman–Crippen LogP) is 3.71. The van der Waals surface area contributed by atoms with Crippen LogP contribution in [0.2, 0.25) is 0 Å².